The van der Waals surface area contributed by atoms with E-state index < -0.39 is 0 Å². The average Bonchev–Trinajstić information content (AvgIpc) is 2.99. The summed E-state index contributed by atoms with van der Waals surface area (Å²) < 4.78 is 0. The molecule has 0 saturated carbocycles. The van der Waals surface area contributed by atoms with Crippen molar-refractivity contribution >= 4 is 11.6 Å². The largest absolute Gasteiger partial charge is 0.325 e. The lowest BCUT2D eigenvalue weighted by Gasteiger charge is -2.23. The maximum absolute atomic E-state index is 12.2. The third kappa shape index (κ3) is 5.14. The second-order valence-electron chi connectivity index (χ2n) is 5.72. The first-order valence-electron chi connectivity index (χ1n) is 8.05. The van der Waals surface area contributed by atoms with E-state index in [4.69, 9.17) is 0 Å². The van der Waals surface area contributed by atoms with Gasteiger partial charge in [0.1, 0.15) is 0 Å². The highest BCUT2D eigenvalue weighted by Crippen LogP contribution is 2.11. The van der Waals surface area contributed by atoms with Gasteiger partial charge in [0.25, 0.3) is 0 Å². The molecule has 1 saturated heterocycles. The summed E-state index contributed by atoms with van der Waals surface area (Å²) in [5.74, 6) is 0.0723. The van der Waals surface area contributed by atoms with E-state index in [2.05, 4.69) is 35.4 Å². The molecular weight excluding hydrogens is 262 g/mol. The number of nitrogens with zero attached hydrogens (tertiary/aromatic N) is 1. The fourth-order valence-electron chi connectivity index (χ4n) is 2.80. The van der Waals surface area contributed by atoms with Gasteiger partial charge in [0.15, 0.2) is 0 Å². The number of benzene rings is 1. The average molecular weight is 289 g/mol. The molecule has 1 unspecified atom stereocenters. The molecule has 1 aliphatic rings. The molecule has 21 heavy (non-hydrogen) atoms. The normalized spacial score (nSPS) is 18.1. The Morgan fingerprint density at radius 2 is 2.29 bits per heavy atom. The molecule has 1 aliphatic heterocycles. The van der Waals surface area contributed by atoms with Gasteiger partial charge in [-0.15, -0.1) is 0 Å². The number of hydrogen-bond donors (Lipinski definition) is 2. The molecule has 1 aromatic carbocycles. The molecule has 1 heterocycles. The lowest BCUT2D eigenvalue weighted by molar-refractivity contribution is -0.117. The van der Waals surface area contributed by atoms with Gasteiger partial charge in [-0.3, -0.25) is 9.69 Å². The Kier molecular flexibility index (Phi) is 6.21. The molecule has 1 atom stereocenters. The molecule has 2 N–H and O–H groups in total. The first-order chi connectivity index (χ1) is 10.2. The maximum Gasteiger partial charge on any atom is 0.238 e. The molecule has 0 aliphatic carbocycles. The Balaban J connectivity index is 1.83. The summed E-state index contributed by atoms with van der Waals surface area (Å²) in [6.07, 6.45) is 3.45. The van der Waals surface area contributed by atoms with Crippen molar-refractivity contribution in [3.8, 4) is 0 Å². The van der Waals surface area contributed by atoms with Crippen molar-refractivity contribution < 1.29 is 4.79 Å². The zero-order valence-corrected chi connectivity index (χ0v) is 13.2. The van der Waals surface area contributed by atoms with E-state index in [0.29, 0.717) is 12.6 Å². The molecule has 4 heteroatoms. The predicted molar refractivity (Wildman–Crippen MR) is 87.6 cm³/mol. The quantitative estimate of drug-likeness (QED) is 0.809. The zero-order chi connectivity index (χ0) is 15.1. The summed E-state index contributed by atoms with van der Waals surface area (Å²) >= 11 is 0. The van der Waals surface area contributed by atoms with Crippen molar-refractivity contribution in [2.75, 3.05) is 31.5 Å². The van der Waals surface area contributed by atoms with Gasteiger partial charge in [-0.2, -0.15) is 0 Å². The monoisotopic (exact) mass is 289 g/mol. The van der Waals surface area contributed by atoms with Gasteiger partial charge >= 0.3 is 0 Å². The van der Waals surface area contributed by atoms with Crippen molar-refractivity contribution in [1.29, 1.82) is 0 Å². The maximum atomic E-state index is 12.2. The molecule has 4 nitrogen and oxygen atoms in total. The van der Waals surface area contributed by atoms with E-state index in [-0.39, 0.29) is 5.91 Å². The van der Waals surface area contributed by atoms with Crippen LogP contribution in [0.2, 0.25) is 0 Å². The van der Waals surface area contributed by atoms with E-state index >= 15 is 0 Å². The van der Waals surface area contributed by atoms with Gasteiger partial charge in [0.05, 0.1) is 6.54 Å². The van der Waals surface area contributed by atoms with Crippen molar-refractivity contribution in [1.82, 2.24) is 10.2 Å². The second kappa shape index (κ2) is 8.15. The summed E-state index contributed by atoms with van der Waals surface area (Å²) in [5.41, 5.74) is 2.14. The number of likely N-dealkylation sites (N-methyl/N-ethyl adjacent to an activating group) is 1. The summed E-state index contributed by atoms with van der Waals surface area (Å²) in [6, 6.07) is 8.62. The number of nitrogens with one attached hydrogen (secondary N) is 2. The van der Waals surface area contributed by atoms with Crippen LogP contribution in [0.15, 0.2) is 24.3 Å². The topological polar surface area (TPSA) is 44.4 Å². The minimum Gasteiger partial charge on any atom is -0.325 e. The minimum atomic E-state index is 0.0723. The van der Waals surface area contributed by atoms with Crippen LogP contribution in [0.5, 0.6) is 0 Å². The molecule has 0 spiro atoms. The first kappa shape index (κ1) is 16.0. The van der Waals surface area contributed by atoms with Gasteiger partial charge in [0.2, 0.25) is 5.91 Å². The van der Waals surface area contributed by atoms with Gasteiger partial charge < -0.3 is 10.6 Å². The summed E-state index contributed by atoms with van der Waals surface area (Å²) in [7, 11) is 0. The second-order valence-corrected chi connectivity index (χ2v) is 5.72. The van der Waals surface area contributed by atoms with E-state index in [0.717, 1.165) is 31.7 Å². The Hall–Kier alpha value is -1.39. The van der Waals surface area contributed by atoms with Crippen LogP contribution in [0.25, 0.3) is 0 Å². The molecule has 1 fully saturated rings. The summed E-state index contributed by atoms with van der Waals surface area (Å²) in [4.78, 5) is 14.4. The van der Waals surface area contributed by atoms with Crippen molar-refractivity contribution in [2.45, 2.75) is 39.2 Å². The third-order valence-electron chi connectivity index (χ3n) is 4.07. The lowest BCUT2D eigenvalue weighted by Crippen LogP contribution is -2.41. The van der Waals surface area contributed by atoms with Crippen LogP contribution in [-0.2, 0) is 11.2 Å². The predicted octanol–water partition coefficient (Wildman–Crippen LogP) is 2.26. The number of amides is 1. The fraction of sp³-hybridized carbons (Fsp3) is 0.588. The van der Waals surface area contributed by atoms with Crippen LogP contribution in [0.1, 0.15) is 32.3 Å². The fourth-order valence-corrected chi connectivity index (χ4v) is 2.80. The van der Waals surface area contributed by atoms with Crippen LogP contribution in [0.4, 0.5) is 5.69 Å². The number of anilines is 1. The highest BCUT2D eigenvalue weighted by atomic mass is 16.2. The number of carbonyl (C=O) groups excluding carboxylic acids is 1. The molecular formula is C17H27N3O. The zero-order valence-electron chi connectivity index (χ0n) is 13.2. The Bertz CT molecular complexity index is 455. The highest BCUT2D eigenvalue weighted by Gasteiger charge is 2.18. The molecule has 116 valence electrons. The van der Waals surface area contributed by atoms with Crippen molar-refractivity contribution in [3.63, 3.8) is 0 Å². The van der Waals surface area contributed by atoms with E-state index in [1.54, 1.807) is 0 Å². The standard InChI is InChI=1S/C17H27N3O/c1-3-14-7-5-8-15(11-14)19-17(21)13-20(4-2)12-16-9-6-10-18-16/h5,7-8,11,16,18H,3-4,6,9-10,12-13H2,1-2H3,(H,19,21). The number of aryl methyl sites for hydroxylation is 1. The van der Waals surface area contributed by atoms with Gasteiger partial charge in [-0.25, -0.2) is 0 Å². The van der Waals surface area contributed by atoms with Crippen LogP contribution < -0.4 is 10.6 Å². The lowest BCUT2D eigenvalue weighted by atomic mass is 10.1. The number of rotatable bonds is 7. The smallest absolute Gasteiger partial charge is 0.238 e. The molecule has 2 rings (SSSR count). The molecule has 1 aromatic rings. The number of hydrogen-bond acceptors (Lipinski definition) is 3. The number of carbonyl (C=O) groups is 1. The molecule has 0 aromatic heterocycles. The molecule has 0 radical (unpaired) electrons. The molecule has 1 amide bonds. The Labute approximate surface area is 127 Å². The van der Waals surface area contributed by atoms with Crippen LogP contribution >= 0.6 is 0 Å². The van der Waals surface area contributed by atoms with Crippen LogP contribution in [-0.4, -0.2) is 43.0 Å². The van der Waals surface area contributed by atoms with Crippen molar-refractivity contribution in [3.05, 3.63) is 29.8 Å². The van der Waals surface area contributed by atoms with E-state index in [1.807, 2.05) is 18.2 Å². The van der Waals surface area contributed by atoms with Gasteiger partial charge in [0, 0.05) is 18.3 Å². The third-order valence-corrected chi connectivity index (χ3v) is 4.07. The van der Waals surface area contributed by atoms with Crippen molar-refractivity contribution in [2.24, 2.45) is 0 Å². The van der Waals surface area contributed by atoms with Gasteiger partial charge in [-0.1, -0.05) is 26.0 Å². The Morgan fingerprint density at radius 3 is 2.95 bits per heavy atom. The Morgan fingerprint density at radius 1 is 1.43 bits per heavy atom. The summed E-state index contributed by atoms with van der Waals surface area (Å²) in [6.45, 7) is 7.66. The van der Waals surface area contributed by atoms with E-state index in [9.17, 15) is 4.79 Å². The minimum absolute atomic E-state index is 0.0723. The van der Waals surface area contributed by atoms with Crippen LogP contribution in [0.3, 0.4) is 0 Å². The summed E-state index contributed by atoms with van der Waals surface area (Å²) in [5, 5.41) is 6.49. The highest BCUT2D eigenvalue weighted by molar-refractivity contribution is 5.92. The van der Waals surface area contributed by atoms with Gasteiger partial charge in [-0.05, 0) is 50.0 Å². The van der Waals surface area contributed by atoms with Crippen LogP contribution in [0, 0.1) is 0 Å². The first-order valence-corrected chi connectivity index (χ1v) is 8.05. The molecule has 0 bridgehead atoms. The SMILES string of the molecule is CCc1cccc(NC(=O)CN(CC)CC2CCCN2)c1. The van der Waals surface area contributed by atoms with E-state index in [1.165, 1.54) is 18.4 Å².